The highest BCUT2D eigenvalue weighted by Gasteiger charge is 2.42. The zero-order valence-corrected chi connectivity index (χ0v) is 12.6. The van der Waals surface area contributed by atoms with Gasteiger partial charge in [0.2, 0.25) is 5.91 Å². The minimum absolute atomic E-state index is 0.0126. The normalized spacial score (nSPS) is 21.8. The molecule has 0 aliphatic carbocycles. The van der Waals surface area contributed by atoms with E-state index < -0.39 is 0 Å². The first-order valence-corrected chi connectivity index (χ1v) is 7.32. The van der Waals surface area contributed by atoms with E-state index in [2.05, 4.69) is 17.3 Å². The Hall–Kier alpha value is -1.65. The van der Waals surface area contributed by atoms with Gasteiger partial charge >= 0.3 is 0 Å². The third-order valence-corrected chi connectivity index (χ3v) is 3.89. The molecule has 1 N–H and O–H groups in total. The summed E-state index contributed by atoms with van der Waals surface area (Å²) in [6, 6.07) is 1.80. The fourth-order valence-corrected chi connectivity index (χ4v) is 2.79. The zero-order valence-electron chi connectivity index (χ0n) is 12.6. The second kappa shape index (κ2) is 5.77. The van der Waals surface area contributed by atoms with Crippen molar-refractivity contribution in [3.63, 3.8) is 0 Å². The molecule has 5 nitrogen and oxygen atoms in total. The average molecular weight is 277 g/mol. The van der Waals surface area contributed by atoms with Gasteiger partial charge in [0.05, 0.1) is 5.92 Å². The average Bonchev–Trinajstić information content (AvgIpc) is 2.69. The summed E-state index contributed by atoms with van der Waals surface area (Å²) < 4.78 is 1.87. The highest BCUT2D eigenvalue weighted by atomic mass is 16.2. The molecule has 0 saturated carbocycles. The summed E-state index contributed by atoms with van der Waals surface area (Å²) in [5, 5.41) is 7.18. The molecule has 1 aliphatic heterocycles. The van der Waals surface area contributed by atoms with E-state index in [1.54, 1.807) is 0 Å². The number of carbonyl (C=O) groups is 2. The molecular formula is C15H23N3O2. The van der Waals surface area contributed by atoms with Crippen molar-refractivity contribution in [3.8, 4) is 0 Å². The van der Waals surface area contributed by atoms with Gasteiger partial charge in [-0.3, -0.25) is 14.3 Å². The number of carbonyl (C=O) groups excluding carboxylic acids is 2. The van der Waals surface area contributed by atoms with Crippen LogP contribution in [0.2, 0.25) is 0 Å². The summed E-state index contributed by atoms with van der Waals surface area (Å²) in [5.74, 6) is 0.294. The summed E-state index contributed by atoms with van der Waals surface area (Å²) in [4.78, 5) is 23.8. The molecule has 1 aromatic heterocycles. The van der Waals surface area contributed by atoms with E-state index in [9.17, 15) is 9.59 Å². The highest BCUT2D eigenvalue weighted by Crippen LogP contribution is 2.26. The molecule has 1 saturated heterocycles. The van der Waals surface area contributed by atoms with Gasteiger partial charge < -0.3 is 5.32 Å². The second-order valence-corrected chi connectivity index (χ2v) is 5.91. The van der Waals surface area contributed by atoms with Gasteiger partial charge in [0.15, 0.2) is 5.78 Å². The maximum Gasteiger partial charge on any atom is 0.225 e. The molecule has 20 heavy (non-hydrogen) atoms. The Morgan fingerprint density at radius 3 is 2.75 bits per heavy atom. The number of nitrogens with one attached hydrogen (secondary N) is 1. The Balaban J connectivity index is 2.02. The molecule has 2 heterocycles. The maximum absolute atomic E-state index is 12.3. The molecule has 1 aromatic rings. The molecule has 1 aliphatic rings. The maximum atomic E-state index is 12.3. The van der Waals surface area contributed by atoms with E-state index in [4.69, 9.17) is 0 Å². The zero-order chi connectivity index (χ0) is 14.9. The minimum atomic E-state index is -0.0437. The van der Waals surface area contributed by atoms with Crippen molar-refractivity contribution >= 4 is 11.7 Å². The lowest BCUT2D eigenvalue weighted by molar-refractivity contribution is -0.137. The molecule has 0 spiro atoms. The van der Waals surface area contributed by atoms with Gasteiger partial charge in [0, 0.05) is 24.7 Å². The van der Waals surface area contributed by atoms with Gasteiger partial charge in [0.25, 0.3) is 0 Å². The molecule has 0 unspecified atom stereocenters. The molecule has 0 radical (unpaired) electrons. The van der Waals surface area contributed by atoms with E-state index in [1.165, 1.54) is 0 Å². The van der Waals surface area contributed by atoms with Crippen molar-refractivity contribution in [2.45, 2.75) is 53.1 Å². The number of amides is 1. The Kier molecular flexibility index (Phi) is 4.26. The van der Waals surface area contributed by atoms with Crippen LogP contribution in [0.5, 0.6) is 0 Å². The predicted molar refractivity (Wildman–Crippen MR) is 76.5 cm³/mol. The van der Waals surface area contributed by atoms with Crippen LogP contribution < -0.4 is 5.32 Å². The third kappa shape index (κ3) is 2.76. The first-order valence-electron chi connectivity index (χ1n) is 7.32. The van der Waals surface area contributed by atoms with Crippen LogP contribution in [0.1, 0.15) is 49.8 Å². The third-order valence-electron chi connectivity index (χ3n) is 3.89. The predicted octanol–water partition coefficient (Wildman–Crippen LogP) is 1.94. The number of ketones is 1. The van der Waals surface area contributed by atoms with Crippen molar-refractivity contribution in [3.05, 3.63) is 17.5 Å². The molecule has 0 aromatic carbocycles. The van der Waals surface area contributed by atoms with Crippen molar-refractivity contribution in [2.75, 3.05) is 0 Å². The van der Waals surface area contributed by atoms with Crippen molar-refractivity contribution < 1.29 is 9.59 Å². The van der Waals surface area contributed by atoms with E-state index in [1.807, 2.05) is 31.5 Å². The summed E-state index contributed by atoms with van der Waals surface area (Å²) in [6.45, 7) is 8.90. The van der Waals surface area contributed by atoms with Crippen molar-refractivity contribution in [1.29, 1.82) is 0 Å². The lowest BCUT2D eigenvalue weighted by Crippen LogP contribution is -2.60. The van der Waals surface area contributed by atoms with Crippen LogP contribution in [0, 0.1) is 18.8 Å². The van der Waals surface area contributed by atoms with Gasteiger partial charge in [-0.05, 0) is 25.3 Å². The Morgan fingerprint density at radius 1 is 1.50 bits per heavy atom. The van der Waals surface area contributed by atoms with Crippen LogP contribution in [-0.2, 0) is 11.3 Å². The topological polar surface area (TPSA) is 64.0 Å². The first kappa shape index (κ1) is 14.8. The van der Waals surface area contributed by atoms with Crippen LogP contribution in [0.3, 0.4) is 0 Å². The first-order chi connectivity index (χ1) is 9.43. The summed E-state index contributed by atoms with van der Waals surface area (Å²) in [5.41, 5.74) is 1.52. The van der Waals surface area contributed by atoms with Gasteiger partial charge in [-0.1, -0.05) is 20.8 Å². The lowest BCUT2D eigenvalue weighted by Gasteiger charge is -2.38. The number of aromatic nitrogens is 2. The summed E-state index contributed by atoms with van der Waals surface area (Å²) in [6.07, 6.45) is 1.33. The van der Waals surface area contributed by atoms with Crippen LogP contribution in [0.25, 0.3) is 0 Å². The Bertz CT molecular complexity index is 519. The van der Waals surface area contributed by atoms with E-state index in [0.717, 1.165) is 18.7 Å². The fraction of sp³-hybridized carbons (Fsp3) is 0.667. The highest BCUT2D eigenvalue weighted by molar-refractivity contribution is 5.97. The molecule has 2 rings (SSSR count). The van der Waals surface area contributed by atoms with Gasteiger partial charge in [0.1, 0.15) is 5.69 Å². The van der Waals surface area contributed by atoms with Crippen molar-refractivity contribution in [2.24, 2.45) is 11.8 Å². The van der Waals surface area contributed by atoms with Gasteiger partial charge in [-0.15, -0.1) is 0 Å². The molecule has 2 atom stereocenters. The van der Waals surface area contributed by atoms with Crippen LogP contribution >= 0.6 is 0 Å². The van der Waals surface area contributed by atoms with E-state index in [0.29, 0.717) is 12.1 Å². The van der Waals surface area contributed by atoms with E-state index >= 15 is 0 Å². The molecule has 1 fully saturated rings. The monoisotopic (exact) mass is 277 g/mol. The number of β-lactam (4-membered cyclic amide) rings is 1. The number of nitrogens with zero attached hydrogens (tertiary/aromatic N) is 2. The Morgan fingerprint density at radius 2 is 2.20 bits per heavy atom. The van der Waals surface area contributed by atoms with Crippen LogP contribution in [-0.4, -0.2) is 27.5 Å². The molecular weight excluding hydrogens is 254 g/mol. The molecule has 1 amide bonds. The smallest absolute Gasteiger partial charge is 0.225 e. The number of hydrogen-bond donors (Lipinski definition) is 1. The SMILES string of the molecule is CCCn1nc(C(=O)C[C@H]2NC(=O)[C@@H]2C(C)C)cc1C. The van der Waals surface area contributed by atoms with Crippen LogP contribution in [0.15, 0.2) is 6.07 Å². The van der Waals surface area contributed by atoms with Gasteiger partial charge in [-0.25, -0.2) is 0 Å². The number of rotatable bonds is 6. The molecule has 0 bridgehead atoms. The Labute approximate surface area is 119 Å². The quantitative estimate of drug-likeness (QED) is 0.638. The minimum Gasteiger partial charge on any atom is -0.352 e. The van der Waals surface area contributed by atoms with Gasteiger partial charge in [-0.2, -0.15) is 5.10 Å². The standard InChI is InChI=1S/C15H23N3O2/c1-5-6-18-10(4)7-11(17-18)13(19)8-12-14(9(2)3)15(20)16-12/h7,9,12,14H,5-6,8H2,1-4H3,(H,16,20)/t12-,14-/m1/s1. The van der Waals surface area contributed by atoms with E-state index in [-0.39, 0.29) is 29.6 Å². The molecule has 110 valence electrons. The summed E-state index contributed by atoms with van der Waals surface area (Å²) in [7, 11) is 0. The van der Waals surface area contributed by atoms with Crippen molar-refractivity contribution in [1.82, 2.24) is 15.1 Å². The fourth-order valence-electron chi connectivity index (χ4n) is 2.79. The number of Topliss-reactive ketones (excluding diaryl/α,β-unsaturated/α-hetero) is 1. The molecule has 5 heteroatoms. The largest absolute Gasteiger partial charge is 0.352 e. The lowest BCUT2D eigenvalue weighted by atomic mass is 9.79. The number of hydrogen-bond acceptors (Lipinski definition) is 3. The number of aryl methyl sites for hydroxylation is 2. The van der Waals surface area contributed by atoms with Crippen LogP contribution in [0.4, 0.5) is 0 Å². The second-order valence-electron chi connectivity index (χ2n) is 5.91. The summed E-state index contributed by atoms with van der Waals surface area (Å²) >= 11 is 0.